The van der Waals surface area contributed by atoms with E-state index in [1.807, 2.05) is 25.1 Å². The number of methoxy groups -OCH3 is 1. The predicted octanol–water partition coefficient (Wildman–Crippen LogP) is 5.62. The van der Waals surface area contributed by atoms with Crippen LogP contribution in [0.15, 0.2) is 40.9 Å². The van der Waals surface area contributed by atoms with Crippen LogP contribution in [0.3, 0.4) is 0 Å². The molecular weight excluding hydrogens is 382 g/mol. The molecule has 4 nitrogen and oxygen atoms in total. The first kappa shape index (κ1) is 19.3. The Morgan fingerprint density at radius 2 is 1.96 bits per heavy atom. The van der Waals surface area contributed by atoms with Gasteiger partial charge in [0.15, 0.2) is 11.5 Å². The molecule has 2 rings (SSSR count). The molecule has 0 fully saturated rings. The molecule has 0 aliphatic heterocycles. The van der Waals surface area contributed by atoms with E-state index in [0.717, 1.165) is 17.7 Å². The fourth-order valence-corrected chi connectivity index (χ4v) is 3.15. The lowest BCUT2D eigenvalue weighted by Gasteiger charge is -2.17. The third-order valence-electron chi connectivity index (χ3n) is 4.13. The maximum Gasteiger partial charge on any atom is 0.255 e. The number of rotatable bonds is 7. The van der Waals surface area contributed by atoms with Gasteiger partial charge in [-0.25, -0.2) is 0 Å². The molecule has 25 heavy (non-hydrogen) atoms. The Balaban J connectivity index is 2.32. The van der Waals surface area contributed by atoms with Crippen molar-refractivity contribution in [1.82, 2.24) is 0 Å². The van der Waals surface area contributed by atoms with Crippen molar-refractivity contribution in [3.63, 3.8) is 0 Å². The van der Waals surface area contributed by atoms with Gasteiger partial charge in [0, 0.05) is 11.3 Å². The van der Waals surface area contributed by atoms with E-state index < -0.39 is 0 Å². The van der Waals surface area contributed by atoms with E-state index in [0.29, 0.717) is 34.1 Å². The van der Waals surface area contributed by atoms with Crippen molar-refractivity contribution in [2.75, 3.05) is 19.0 Å². The van der Waals surface area contributed by atoms with Gasteiger partial charge in [0.2, 0.25) is 0 Å². The van der Waals surface area contributed by atoms with E-state index in [-0.39, 0.29) is 5.91 Å². The number of para-hydroxylation sites is 1. The quantitative estimate of drug-likeness (QED) is 0.649. The summed E-state index contributed by atoms with van der Waals surface area (Å²) in [4.78, 5) is 12.7. The number of hydrogen-bond donors (Lipinski definition) is 1. The van der Waals surface area contributed by atoms with Gasteiger partial charge >= 0.3 is 0 Å². The molecule has 0 radical (unpaired) electrons. The molecule has 0 bridgehead atoms. The second-order valence-corrected chi connectivity index (χ2v) is 6.63. The standard InChI is InChI=1S/C20H24BrNO3/c1-5-13(3)15-9-7-8-10-17(15)22-20(23)14-11-16(21)19(25-6-2)18(12-14)24-4/h7-13H,5-6H2,1-4H3,(H,22,23)/t13-/m0/s1. The van der Waals surface area contributed by atoms with Gasteiger partial charge in [0.05, 0.1) is 18.2 Å². The number of carbonyl (C=O) groups excluding carboxylic acids is 1. The van der Waals surface area contributed by atoms with Crippen LogP contribution in [-0.2, 0) is 0 Å². The topological polar surface area (TPSA) is 47.6 Å². The lowest BCUT2D eigenvalue weighted by atomic mass is 9.97. The number of ether oxygens (including phenoxy) is 2. The normalized spacial score (nSPS) is 11.7. The minimum absolute atomic E-state index is 0.183. The van der Waals surface area contributed by atoms with Crippen LogP contribution in [-0.4, -0.2) is 19.6 Å². The largest absolute Gasteiger partial charge is 0.493 e. The molecule has 1 N–H and O–H groups in total. The van der Waals surface area contributed by atoms with Crippen LogP contribution in [0.2, 0.25) is 0 Å². The van der Waals surface area contributed by atoms with Crippen LogP contribution in [0.25, 0.3) is 0 Å². The highest BCUT2D eigenvalue weighted by Crippen LogP contribution is 2.37. The minimum atomic E-state index is -0.183. The van der Waals surface area contributed by atoms with Gasteiger partial charge in [0.25, 0.3) is 5.91 Å². The molecule has 0 saturated carbocycles. The number of amides is 1. The lowest BCUT2D eigenvalue weighted by molar-refractivity contribution is 0.102. The SMILES string of the molecule is CCOc1c(Br)cc(C(=O)Nc2ccccc2[C@@H](C)CC)cc1OC. The summed E-state index contributed by atoms with van der Waals surface area (Å²) < 4.78 is 11.6. The molecule has 0 spiro atoms. The Hall–Kier alpha value is -2.01. The van der Waals surface area contributed by atoms with Gasteiger partial charge in [-0.1, -0.05) is 32.0 Å². The van der Waals surface area contributed by atoms with Crippen molar-refractivity contribution in [2.45, 2.75) is 33.1 Å². The maximum absolute atomic E-state index is 12.7. The number of nitrogens with one attached hydrogen (secondary N) is 1. The third kappa shape index (κ3) is 4.54. The molecule has 1 atom stereocenters. The van der Waals surface area contributed by atoms with Crippen LogP contribution >= 0.6 is 15.9 Å². The zero-order valence-corrected chi connectivity index (χ0v) is 16.6. The minimum Gasteiger partial charge on any atom is -0.493 e. The van der Waals surface area contributed by atoms with E-state index in [1.165, 1.54) is 0 Å². The molecule has 2 aromatic carbocycles. The summed E-state index contributed by atoms with van der Waals surface area (Å²) in [6, 6.07) is 11.3. The van der Waals surface area contributed by atoms with E-state index in [9.17, 15) is 4.79 Å². The van der Waals surface area contributed by atoms with Crippen LogP contribution in [0.5, 0.6) is 11.5 Å². The zero-order valence-electron chi connectivity index (χ0n) is 15.1. The van der Waals surface area contributed by atoms with E-state index >= 15 is 0 Å². The smallest absolute Gasteiger partial charge is 0.255 e. The van der Waals surface area contributed by atoms with Crippen LogP contribution < -0.4 is 14.8 Å². The van der Waals surface area contributed by atoms with Gasteiger partial charge in [-0.15, -0.1) is 0 Å². The second kappa shape index (κ2) is 8.90. The average Bonchev–Trinajstić information content (AvgIpc) is 2.63. The molecule has 134 valence electrons. The average molecular weight is 406 g/mol. The molecule has 2 aromatic rings. The second-order valence-electron chi connectivity index (χ2n) is 5.77. The first-order chi connectivity index (χ1) is 12.0. The van der Waals surface area contributed by atoms with Crippen molar-refractivity contribution < 1.29 is 14.3 Å². The summed E-state index contributed by atoms with van der Waals surface area (Å²) in [5, 5.41) is 3.02. The van der Waals surface area contributed by atoms with Crippen molar-refractivity contribution in [1.29, 1.82) is 0 Å². The summed E-state index contributed by atoms with van der Waals surface area (Å²) in [5.41, 5.74) is 2.48. The fourth-order valence-electron chi connectivity index (χ4n) is 2.59. The van der Waals surface area contributed by atoms with Crippen LogP contribution in [0.1, 0.15) is 49.0 Å². The Morgan fingerprint density at radius 3 is 2.60 bits per heavy atom. The predicted molar refractivity (Wildman–Crippen MR) is 105 cm³/mol. The lowest BCUT2D eigenvalue weighted by Crippen LogP contribution is -2.14. The van der Waals surface area contributed by atoms with Crippen LogP contribution in [0, 0.1) is 0 Å². The van der Waals surface area contributed by atoms with Gasteiger partial charge in [-0.05, 0) is 59.0 Å². The first-order valence-corrected chi connectivity index (χ1v) is 9.21. The number of hydrogen-bond acceptors (Lipinski definition) is 3. The monoisotopic (exact) mass is 405 g/mol. The Kier molecular flexibility index (Phi) is 6.88. The summed E-state index contributed by atoms with van der Waals surface area (Å²) in [6.07, 6.45) is 1.01. The molecule has 0 aliphatic carbocycles. The van der Waals surface area contributed by atoms with E-state index in [2.05, 4.69) is 41.2 Å². The maximum atomic E-state index is 12.7. The first-order valence-electron chi connectivity index (χ1n) is 8.42. The fraction of sp³-hybridized carbons (Fsp3) is 0.350. The van der Waals surface area contributed by atoms with Gasteiger partial charge in [0.1, 0.15) is 0 Å². The number of anilines is 1. The summed E-state index contributed by atoms with van der Waals surface area (Å²) in [7, 11) is 1.56. The molecular formula is C20H24BrNO3. The Bertz CT molecular complexity index is 746. The summed E-state index contributed by atoms with van der Waals surface area (Å²) in [6.45, 7) is 6.71. The van der Waals surface area contributed by atoms with Crippen molar-refractivity contribution in [2.24, 2.45) is 0 Å². The number of halogens is 1. The zero-order chi connectivity index (χ0) is 18.4. The van der Waals surface area contributed by atoms with E-state index in [4.69, 9.17) is 9.47 Å². The molecule has 1 amide bonds. The highest BCUT2D eigenvalue weighted by molar-refractivity contribution is 9.10. The third-order valence-corrected chi connectivity index (χ3v) is 4.72. The van der Waals surface area contributed by atoms with Crippen molar-refractivity contribution >= 4 is 27.5 Å². The highest BCUT2D eigenvalue weighted by atomic mass is 79.9. The van der Waals surface area contributed by atoms with Crippen LogP contribution in [0.4, 0.5) is 5.69 Å². The van der Waals surface area contributed by atoms with Gasteiger partial charge in [-0.2, -0.15) is 0 Å². The molecule has 0 heterocycles. The molecule has 0 aliphatic rings. The molecule has 0 saturated heterocycles. The number of benzene rings is 2. The van der Waals surface area contributed by atoms with Crippen molar-refractivity contribution in [3.8, 4) is 11.5 Å². The van der Waals surface area contributed by atoms with Crippen molar-refractivity contribution in [3.05, 3.63) is 52.0 Å². The highest BCUT2D eigenvalue weighted by Gasteiger charge is 2.17. The van der Waals surface area contributed by atoms with Gasteiger partial charge < -0.3 is 14.8 Å². The molecule has 0 unspecified atom stereocenters. The molecule has 5 heteroatoms. The van der Waals surface area contributed by atoms with Gasteiger partial charge in [-0.3, -0.25) is 4.79 Å². The number of carbonyl (C=O) groups is 1. The molecule has 0 aromatic heterocycles. The Labute approximate surface area is 157 Å². The van der Waals surface area contributed by atoms with E-state index in [1.54, 1.807) is 19.2 Å². The summed E-state index contributed by atoms with van der Waals surface area (Å²) in [5.74, 6) is 1.31. The summed E-state index contributed by atoms with van der Waals surface area (Å²) >= 11 is 3.46. The Morgan fingerprint density at radius 1 is 1.24 bits per heavy atom.